The van der Waals surface area contributed by atoms with Gasteiger partial charge in [-0.3, -0.25) is 4.79 Å². The van der Waals surface area contributed by atoms with E-state index >= 15 is 0 Å². The molecule has 0 radical (unpaired) electrons. The average molecular weight is 241 g/mol. The second-order valence-electron chi connectivity index (χ2n) is 6.72. The fourth-order valence-electron chi connectivity index (χ4n) is 2.45. The third kappa shape index (κ3) is 5.07. The maximum Gasteiger partial charge on any atom is 0.307 e. The van der Waals surface area contributed by atoms with Gasteiger partial charge >= 0.3 is 5.97 Å². The predicted octanol–water partition coefficient (Wildman–Crippen LogP) is 2.89. The van der Waals surface area contributed by atoms with Crippen molar-refractivity contribution in [2.75, 3.05) is 6.54 Å². The van der Waals surface area contributed by atoms with Gasteiger partial charge in [0.25, 0.3) is 0 Å². The van der Waals surface area contributed by atoms with Crippen LogP contribution in [-0.4, -0.2) is 24.2 Å². The summed E-state index contributed by atoms with van der Waals surface area (Å²) in [6.45, 7) is 11.0. The van der Waals surface area contributed by atoms with Crippen LogP contribution < -0.4 is 5.32 Å². The lowest BCUT2D eigenvalue weighted by Gasteiger charge is -2.28. The molecule has 17 heavy (non-hydrogen) atoms. The minimum absolute atomic E-state index is 0.110. The summed E-state index contributed by atoms with van der Waals surface area (Å²) in [5.74, 6) is -0.110. The zero-order valence-electron chi connectivity index (χ0n) is 11.9. The summed E-state index contributed by atoms with van der Waals surface area (Å²) < 4.78 is 5.28. The molecule has 0 bridgehead atoms. The number of rotatable bonds is 4. The van der Waals surface area contributed by atoms with Gasteiger partial charge in [-0.15, -0.1) is 0 Å². The van der Waals surface area contributed by atoms with Gasteiger partial charge in [0.1, 0.15) is 5.60 Å². The normalized spacial score (nSPS) is 23.7. The Morgan fingerprint density at radius 2 is 2.06 bits per heavy atom. The first-order chi connectivity index (χ1) is 7.71. The van der Waals surface area contributed by atoms with Crippen molar-refractivity contribution in [3.8, 4) is 0 Å². The van der Waals surface area contributed by atoms with Crippen LogP contribution in [0.3, 0.4) is 0 Å². The van der Waals surface area contributed by atoms with Gasteiger partial charge in [-0.05, 0) is 39.0 Å². The Kier molecular flexibility index (Phi) is 4.59. The van der Waals surface area contributed by atoms with Crippen molar-refractivity contribution in [1.29, 1.82) is 0 Å². The van der Waals surface area contributed by atoms with Crippen LogP contribution in [0.2, 0.25) is 0 Å². The minimum atomic E-state index is -0.371. The van der Waals surface area contributed by atoms with Crippen molar-refractivity contribution in [3.63, 3.8) is 0 Å². The lowest BCUT2D eigenvalue weighted by molar-refractivity contribution is -0.154. The lowest BCUT2D eigenvalue weighted by Crippen LogP contribution is -2.39. The summed E-state index contributed by atoms with van der Waals surface area (Å²) in [5.41, 5.74) is -0.00234. The van der Waals surface area contributed by atoms with Gasteiger partial charge in [0.05, 0.1) is 6.42 Å². The van der Waals surface area contributed by atoms with E-state index in [1.807, 2.05) is 20.8 Å². The van der Waals surface area contributed by atoms with Crippen molar-refractivity contribution in [2.45, 2.75) is 71.9 Å². The molecule has 1 fully saturated rings. The zero-order chi connectivity index (χ0) is 13.1. The number of nitrogens with one attached hydrogen (secondary N) is 1. The molecule has 1 saturated carbocycles. The van der Waals surface area contributed by atoms with E-state index in [-0.39, 0.29) is 11.6 Å². The highest BCUT2D eigenvalue weighted by Crippen LogP contribution is 2.37. The molecule has 1 aliphatic rings. The number of carbonyl (C=O) groups excluding carboxylic acids is 1. The lowest BCUT2D eigenvalue weighted by atomic mass is 9.87. The number of esters is 1. The van der Waals surface area contributed by atoms with Gasteiger partial charge in [-0.25, -0.2) is 0 Å². The molecule has 3 heteroatoms. The Labute approximate surface area is 105 Å². The van der Waals surface area contributed by atoms with E-state index in [1.54, 1.807) is 0 Å². The zero-order valence-corrected chi connectivity index (χ0v) is 11.9. The number of hydrogen-bond donors (Lipinski definition) is 1. The monoisotopic (exact) mass is 241 g/mol. The summed E-state index contributed by atoms with van der Waals surface area (Å²) in [6.07, 6.45) is 4.25. The van der Waals surface area contributed by atoms with Crippen molar-refractivity contribution in [1.82, 2.24) is 5.32 Å². The number of carbonyl (C=O) groups is 1. The highest BCUT2D eigenvalue weighted by molar-refractivity contribution is 5.70. The molecule has 1 atom stereocenters. The van der Waals surface area contributed by atoms with Gasteiger partial charge in [-0.1, -0.05) is 20.3 Å². The summed E-state index contributed by atoms with van der Waals surface area (Å²) in [4.78, 5) is 11.5. The van der Waals surface area contributed by atoms with Crippen LogP contribution in [0.15, 0.2) is 0 Å². The first kappa shape index (κ1) is 14.5. The summed E-state index contributed by atoms with van der Waals surface area (Å²) in [5, 5.41) is 3.49. The summed E-state index contributed by atoms with van der Waals surface area (Å²) in [7, 11) is 0. The van der Waals surface area contributed by atoms with Crippen molar-refractivity contribution in [2.24, 2.45) is 5.41 Å². The molecule has 0 heterocycles. The molecule has 0 aromatic heterocycles. The summed E-state index contributed by atoms with van der Waals surface area (Å²) >= 11 is 0. The molecule has 1 rings (SSSR count). The van der Waals surface area contributed by atoms with Crippen LogP contribution in [0.25, 0.3) is 0 Å². The Hall–Kier alpha value is -0.570. The molecule has 1 unspecified atom stereocenters. The molecule has 1 aliphatic carbocycles. The highest BCUT2D eigenvalue weighted by atomic mass is 16.6. The largest absolute Gasteiger partial charge is 0.460 e. The van der Waals surface area contributed by atoms with E-state index in [9.17, 15) is 4.79 Å². The number of hydrogen-bond acceptors (Lipinski definition) is 3. The summed E-state index contributed by atoms with van der Waals surface area (Å²) in [6, 6.07) is 0.546. The Morgan fingerprint density at radius 1 is 1.41 bits per heavy atom. The molecule has 1 N–H and O–H groups in total. The molecule has 0 aliphatic heterocycles. The average Bonchev–Trinajstić information content (AvgIpc) is 2.42. The van der Waals surface area contributed by atoms with E-state index in [0.717, 1.165) is 6.54 Å². The molecule has 100 valence electrons. The maximum atomic E-state index is 11.5. The third-order valence-corrected chi connectivity index (χ3v) is 3.40. The van der Waals surface area contributed by atoms with Gasteiger partial charge in [0, 0.05) is 12.6 Å². The van der Waals surface area contributed by atoms with Crippen LogP contribution in [0.1, 0.15) is 60.3 Å². The fourth-order valence-corrected chi connectivity index (χ4v) is 2.45. The van der Waals surface area contributed by atoms with Crippen LogP contribution in [0.4, 0.5) is 0 Å². The van der Waals surface area contributed by atoms with Crippen molar-refractivity contribution >= 4 is 5.97 Å². The number of ether oxygens (including phenoxy) is 1. The quantitative estimate of drug-likeness (QED) is 0.769. The Morgan fingerprint density at radius 3 is 2.53 bits per heavy atom. The van der Waals surface area contributed by atoms with Crippen molar-refractivity contribution in [3.05, 3.63) is 0 Å². The van der Waals surface area contributed by atoms with E-state index < -0.39 is 0 Å². The van der Waals surface area contributed by atoms with Gasteiger partial charge in [0.2, 0.25) is 0 Å². The molecular weight excluding hydrogens is 214 g/mol. The molecule has 0 aromatic carbocycles. The van der Waals surface area contributed by atoms with Crippen LogP contribution in [-0.2, 0) is 9.53 Å². The third-order valence-electron chi connectivity index (χ3n) is 3.40. The Bertz CT molecular complexity index is 266. The topological polar surface area (TPSA) is 38.3 Å². The van der Waals surface area contributed by atoms with Gasteiger partial charge in [0.15, 0.2) is 0 Å². The molecule has 0 aromatic rings. The second-order valence-corrected chi connectivity index (χ2v) is 6.72. The van der Waals surface area contributed by atoms with Crippen molar-refractivity contribution < 1.29 is 9.53 Å². The van der Waals surface area contributed by atoms with E-state index in [1.165, 1.54) is 19.3 Å². The smallest absolute Gasteiger partial charge is 0.307 e. The Balaban J connectivity index is 2.22. The predicted molar refractivity (Wildman–Crippen MR) is 69.9 cm³/mol. The molecule has 0 amide bonds. The molecule has 0 saturated heterocycles. The van der Waals surface area contributed by atoms with Gasteiger partial charge in [-0.2, -0.15) is 0 Å². The van der Waals surface area contributed by atoms with Crippen LogP contribution in [0.5, 0.6) is 0 Å². The van der Waals surface area contributed by atoms with E-state index in [2.05, 4.69) is 19.2 Å². The fraction of sp³-hybridized carbons (Fsp3) is 0.929. The highest BCUT2D eigenvalue weighted by Gasteiger charge is 2.33. The van der Waals surface area contributed by atoms with Gasteiger partial charge < -0.3 is 10.1 Å². The van der Waals surface area contributed by atoms with Crippen LogP contribution in [0, 0.1) is 5.41 Å². The standard InChI is InChI=1S/C14H27NO2/c1-13(2,3)17-12(16)8-10-15-11-7-6-9-14(11,4)5/h11,15H,6-10H2,1-5H3. The second kappa shape index (κ2) is 5.38. The maximum absolute atomic E-state index is 11.5. The van der Waals surface area contributed by atoms with Crippen LogP contribution >= 0.6 is 0 Å². The molecular formula is C14H27NO2. The SMILES string of the molecule is CC(C)(C)OC(=O)CCNC1CCCC1(C)C. The molecule has 0 spiro atoms. The minimum Gasteiger partial charge on any atom is -0.460 e. The first-order valence-corrected chi connectivity index (χ1v) is 6.66. The molecule has 3 nitrogen and oxygen atoms in total. The van der Waals surface area contributed by atoms with E-state index in [0.29, 0.717) is 17.9 Å². The first-order valence-electron chi connectivity index (χ1n) is 6.66. The van der Waals surface area contributed by atoms with E-state index in [4.69, 9.17) is 4.74 Å².